The highest BCUT2D eigenvalue weighted by atomic mass is 16.6. The van der Waals surface area contributed by atoms with E-state index in [2.05, 4.69) is 17.3 Å². The van der Waals surface area contributed by atoms with Crippen molar-refractivity contribution in [2.24, 2.45) is 5.92 Å². The van der Waals surface area contributed by atoms with Crippen LogP contribution in [-0.4, -0.2) is 66.3 Å². The van der Waals surface area contributed by atoms with E-state index in [1.807, 2.05) is 25.7 Å². The van der Waals surface area contributed by atoms with Crippen LogP contribution < -0.4 is 5.32 Å². The van der Waals surface area contributed by atoms with Crippen LogP contribution in [0.1, 0.15) is 52.9 Å². The van der Waals surface area contributed by atoms with Gasteiger partial charge in [0.2, 0.25) is 0 Å². The molecule has 3 fully saturated rings. The van der Waals surface area contributed by atoms with Crippen LogP contribution in [0.5, 0.6) is 0 Å². The molecule has 1 amide bonds. The van der Waals surface area contributed by atoms with Gasteiger partial charge in [0.25, 0.3) is 0 Å². The number of piperidine rings is 1. The number of amides is 1. The molecular weight excluding hydrogens is 290 g/mol. The van der Waals surface area contributed by atoms with E-state index in [-0.39, 0.29) is 6.09 Å². The summed E-state index contributed by atoms with van der Waals surface area (Å²) in [7, 11) is 2.29. The van der Waals surface area contributed by atoms with Gasteiger partial charge in [-0.05, 0) is 72.4 Å². The molecule has 23 heavy (non-hydrogen) atoms. The number of carbonyl (C=O) groups excluding carboxylic acids is 1. The molecule has 3 rings (SSSR count). The van der Waals surface area contributed by atoms with Gasteiger partial charge in [0, 0.05) is 31.2 Å². The molecule has 0 aromatic heterocycles. The van der Waals surface area contributed by atoms with Gasteiger partial charge in [-0.25, -0.2) is 4.79 Å². The standard InChI is InChI=1S/C18H33N3O2/c1-18(2,3)23-17(22)21-8-7-14(12-21)19-11-13-9-15-5-6-16(10-13)20(15)4/h13-16,19H,5-12H2,1-4H3. The molecule has 1 N–H and O–H groups in total. The van der Waals surface area contributed by atoms with Crippen molar-refractivity contribution in [1.82, 2.24) is 15.1 Å². The van der Waals surface area contributed by atoms with Crippen LogP contribution >= 0.6 is 0 Å². The first kappa shape index (κ1) is 17.0. The number of fused-ring (bicyclic) bond motifs is 2. The van der Waals surface area contributed by atoms with E-state index in [0.717, 1.165) is 44.1 Å². The van der Waals surface area contributed by atoms with Crippen molar-refractivity contribution in [2.75, 3.05) is 26.7 Å². The summed E-state index contributed by atoms with van der Waals surface area (Å²) < 4.78 is 5.47. The van der Waals surface area contributed by atoms with Gasteiger partial charge in [-0.15, -0.1) is 0 Å². The Labute approximate surface area is 140 Å². The molecule has 132 valence electrons. The molecule has 5 nitrogen and oxygen atoms in total. The second-order valence-electron chi connectivity index (χ2n) is 8.71. The number of carbonyl (C=O) groups is 1. The van der Waals surface area contributed by atoms with Crippen LogP contribution in [0.3, 0.4) is 0 Å². The highest BCUT2D eigenvalue weighted by Crippen LogP contribution is 2.37. The molecule has 0 aromatic carbocycles. The maximum absolute atomic E-state index is 12.1. The number of nitrogens with zero attached hydrogens (tertiary/aromatic N) is 2. The van der Waals surface area contributed by atoms with Crippen molar-refractivity contribution in [1.29, 1.82) is 0 Å². The second-order valence-corrected chi connectivity index (χ2v) is 8.71. The predicted octanol–water partition coefficient (Wildman–Crippen LogP) is 2.46. The van der Waals surface area contributed by atoms with Gasteiger partial charge in [-0.2, -0.15) is 0 Å². The monoisotopic (exact) mass is 323 g/mol. The van der Waals surface area contributed by atoms with E-state index < -0.39 is 5.60 Å². The molecule has 3 unspecified atom stereocenters. The Bertz CT molecular complexity index is 420. The minimum atomic E-state index is -0.407. The second kappa shape index (κ2) is 6.60. The van der Waals surface area contributed by atoms with E-state index in [1.165, 1.54) is 25.7 Å². The molecule has 3 aliphatic heterocycles. The highest BCUT2D eigenvalue weighted by molar-refractivity contribution is 5.68. The van der Waals surface area contributed by atoms with Crippen molar-refractivity contribution in [3.8, 4) is 0 Å². The summed E-state index contributed by atoms with van der Waals surface area (Å²) in [6.07, 6.45) is 6.31. The van der Waals surface area contributed by atoms with Crippen molar-refractivity contribution in [2.45, 2.75) is 76.6 Å². The first-order valence-electron chi connectivity index (χ1n) is 9.25. The fraction of sp³-hybridized carbons (Fsp3) is 0.944. The molecule has 0 aliphatic carbocycles. The Kier molecular flexibility index (Phi) is 4.88. The molecule has 5 heteroatoms. The molecule has 0 spiro atoms. The van der Waals surface area contributed by atoms with Crippen LogP contribution in [-0.2, 0) is 4.74 Å². The van der Waals surface area contributed by atoms with Gasteiger partial charge in [0.15, 0.2) is 0 Å². The molecular formula is C18H33N3O2. The molecule has 2 bridgehead atoms. The normalized spacial score (nSPS) is 34.9. The maximum Gasteiger partial charge on any atom is 0.410 e. The van der Waals surface area contributed by atoms with Crippen molar-refractivity contribution >= 4 is 6.09 Å². The van der Waals surface area contributed by atoms with Crippen molar-refractivity contribution < 1.29 is 9.53 Å². The summed E-state index contributed by atoms with van der Waals surface area (Å²) in [6.45, 7) is 8.47. The van der Waals surface area contributed by atoms with Crippen molar-refractivity contribution in [3.63, 3.8) is 0 Å². The van der Waals surface area contributed by atoms with E-state index in [4.69, 9.17) is 4.74 Å². The Hall–Kier alpha value is -0.810. The molecule has 3 aliphatic rings. The largest absolute Gasteiger partial charge is 0.444 e. The number of hydrogen-bond acceptors (Lipinski definition) is 4. The summed E-state index contributed by atoms with van der Waals surface area (Å²) in [6, 6.07) is 2.05. The van der Waals surface area contributed by atoms with Gasteiger partial charge in [0.1, 0.15) is 5.60 Å². The molecule has 3 heterocycles. The van der Waals surface area contributed by atoms with E-state index >= 15 is 0 Å². The minimum absolute atomic E-state index is 0.167. The first-order chi connectivity index (χ1) is 10.8. The summed E-state index contributed by atoms with van der Waals surface area (Å²) >= 11 is 0. The van der Waals surface area contributed by atoms with Gasteiger partial charge in [-0.3, -0.25) is 0 Å². The molecule has 0 aromatic rings. The van der Waals surface area contributed by atoms with Gasteiger partial charge in [0.05, 0.1) is 0 Å². The lowest BCUT2D eigenvalue weighted by molar-refractivity contribution is 0.0290. The Morgan fingerprint density at radius 2 is 1.83 bits per heavy atom. The van der Waals surface area contributed by atoms with E-state index in [9.17, 15) is 4.79 Å². The van der Waals surface area contributed by atoms with Gasteiger partial charge < -0.3 is 19.9 Å². The lowest BCUT2D eigenvalue weighted by Crippen LogP contribution is -2.44. The zero-order valence-electron chi connectivity index (χ0n) is 15.2. The van der Waals surface area contributed by atoms with Crippen LogP contribution in [0.4, 0.5) is 4.79 Å². The topological polar surface area (TPSA) is 44.8 Å². The third-order valence-corrected chi connectivity index (χ3v) is 5.73. The summed E-state index contributed by atoms with van der Waals surface area (Å²) in [5.41, 5.74) is -0.407. The number of hydrogen-bond donors (Lipinski definition) is 1. The number of likely N-dealkylation sites (tertiary alicyclic amines) is 1. The Morgan fingerprint density at radius 1 is 1.17 bits per heavy atom. The van der Waals surface area contributed by atoms with Gasteiger partial charge >= 0.3 is 6.09 Å². The molecule has 0 radical (unpaired) electrons. The van der Waals surface area contributed by atoms with Crippen LogP contribution in [0.15, 0.2) is 0 Å². The number of ether oxygens (including phenoxy) is 1. The molecule has 3 saturated heterocycles. The predicted molar refractivity (Wildman–Crippen MR) is 91.5 cm³/mol. The first-order valence-corrected chi connectivity index (χ1v) is 9.25. The molecule has 0 saturated carbocycles. The zero-order valence-corrected chi connectivity index (χ0v) is 15.2. The zero-order chi connectivity index (χ0) is 16.6. The van der Waals surface area contributed by atoms with E-state index in [0.29, 0.717) is 6.04 Å². The smallest absolute Gasteiger partial charge is 0.410 e. The molecule has 3 atom stereocenters. The average molecular weight is 323 g/mol. The fourth-order valence-electron chi connectivity index (χ4n) is 4.44. The SMILES string of the molecule is CN1C2CCC1CC(CNC1CCN(C(=O)OC(C)(C)C)C1)C2. The Morgan fingerprint density at radius 3 is 2.43 bits per heavy atom. The van der Waals surface area contributed by atoms with Crippen LogP contribution in [0.2, 0.25) is 0 Å². The van der Waals surface area contributed by atoms with Gasteiger partial charge in [-0.1, -0.05) is 0 Å². The quantitative estimate of drug-likeness (QED) is 0.866. The number of nitrogens with one attached hydrogen (secondary N) is 1. The van der Waals surface area contributed by atoms with Crippen molar-refractivity contribution in [3.05, 3.63) is 0 Å². The average Bonchev–Trinajstić information content (AvgIpc) is 2.98. The minimum Gasteiger partial charge on any atom is -0.444 e. The summed E-state index contributed by atoms with van der Waals surface area (Å²) in [5, 5.41) is 3.71. The third kappa shape index (κ3) is 4.18. The van der Waals surface area contributed by atoms with Crippen LogP contribution in [0, 0.1) is 5.92 Å². The lowest BCUT2D eigenvalue weighted by Gasteiger charge is -2.36. The summed E-state index contributed by atoms with van der Waals surface area (Å²) in [4.78, 5) is 16.6. The van der Waals surface area contributed by atoms with Crippen LogP contribution in [0.25, 0.3) is 0 Å². The summed E-state index contributed by atoms with van der Waals surface area (Å²) in [5.74, 6) is 0.805. The maximum atomic E-state index is 12.1. The number of rotatable bonds is 3. The Balaban J connectivity index is 1.40. The van der Waals surface area contributed by atoms with E-state index in [1.54, 1.807) is 0 Å². The third-order valence-electron chi connectivity index (χ3n) is 5.73. The lowest BCUT2D eigenvalue weighted by atomic mass is 9.91. The fourth-order valence-corrected chi connectivity index (χ4v) is 4.44. The highest BCUT2D eigenvalue weighted by Gasteiger charge is 2.38.